The quantitative estimate of drug-likeness (QED) is 0.643. The van der Waals surface area contributed by atoms with Gasteiger partial charge in [-0.2, -0.15) is 5.10 Å². The van der Waals surface area contributed by atoms with Crippen molar-refractivity contribution in [2.45, 2.75) is 20.4 Å². The molecule has 0 aliphatic carbocycles. The van der Waals surface area contributed by atoms with Crippen LogP contribution in [0.1, 0.15) is 11.4 Å². The van der Waals surface area contributed by atoms with Crippen LogP contribution in [0.25, 0.3) is 5.82 Å². The largest absolute Gasteiger partial charge is 0.353 e. The van der Waals surface area contributed by atoms with Crippen LogP contribution in [0, 0.1) is 13.8 Å². The number of hydrogen-bond donors (Lipinski definition) is 0. The lowest BCUT2D eigenvalue weighted by atomic mass is 10.3. The highest BCUT2D eigenvalue weighted by atomic mass is 16.1. The summed E-state index contributed by atoms with van der Waals surface area (Å²) in [6, 6.07) is 5.27. The molecule has 9 nitrogen and oxygen atoms in total. The van der Waals surface area contributed by atoms with Crippen molar-refractivity contribution in [1.82, 2.24) is 34.4 Å². The number of aromatic nitrogens is 6. The predicted molar refractivity (Wildman–Crippen MR) is 106 cm³/mol. The van der Waals surface area contributed by atoms with Crippen LogP contribution < -0.4 is 10.5 Å². The van der Waals surface area contributed by atoms with E-state index in [1.807, 2.05) is 19.9 Å². The summed E-state index contributed by atoms with van der Waals surface area (Å²) >= 11 is 0. The van der Waals surface area contributed by atoms with E-state index >= 15 is 0 Å². The van der Waals surface area contributed by atoms with Crippen molar-refractivity contribution >= 4 is 5.82 Å². The van der Waals surface area contributed by atoms with Crippen molar-refractivity contribution in [3.05, 3.63) is 58.5 Å². The van der Waals surface area contributed by atoms with Crippen LogP contribution in [0.3, 0.4) is 0 Å². The smallest absolute Gasteiger partial charge is 0.266 e. The number of hydrogen-bond acceptors (Lipinski definition) is 7. The highest BCUT2D eigenvalue weighted by Gasteiger charge is 2.18. The fraction of sp³-hybridized carbons (Fsp3) is 0.421. The summed E-state index contributed by atoms with van der Waals surface area (Å²) in [6.07, 6.45) is 5.20. The molecular weight excluding hydrogens is 356 g/mol. The normalized spacial score (nSPS) is 15.1. The third-order valence-electron chi connectivity index (χ3n) is 4.95. The Hall–Kier alpha value is -3.07. The predicted octanol–water partition coefficient (Wildman–Crippen LogP) is 0.658. The third kappa shape index (κ3) is 3.94. The van der Waals surface area contributed by atoms with Crippen molar-refractivity contribution in [1.29, 1.82) is 0 Å². The van der Waals surface area contributed by atoms with Gasteiger partial charge in [0.05, 0.1) is 18.4 Å². The van der Waals surface area contributed by atoms with E-state index < -0.39 is 0 Å². The number of anilines is 1. The molecule has 146 valence electrons. The Bertz CT molecular complexity index is 989. The molecule has 1 aliphatic rings. The van der Waals surface area contributed by atoms with Crippen LogP contribution >= 0.6 is 0 Å². The molecule has 9 heteroatoms. The maximum Gasteiger partial charge on any atom is 0.266 e. The van der Waals surface area contributed by atoms with Gasteiger partial charge in [0.2, 0.25) is 0 Å². The van der Waals surface area contributed by atoms with Gasteiger partial charge in [-0.05, 0) is 26.0 Å². The maximum absolute atomic E-state index is 12.2. The van der Waals surface area contributed by atoms with Crippen LogP contribution in [-0.4, -0.2) is 67.2 Å². The summed E-state index contributed by atoms with van der Waals surface area (Å²) in [5.74, 6) is 1.58. The van der Waals surface area contributed by atoms with Gasteiger partial charge in [-0.1, -0.05) is 0 Å². The molecule has 1 aliphatic heterocycles. The maximum atomic E-state index is 12.2. The van der Waals surface area contributed by atoms with Gasteiger partial charge in [0.1, 0.15) is 5.82 Å². The van der Waals surface area contributed by atoms with Crippen LogP contribution in [0.5, 0.6) is 0 Å². The molecule has 0 spiro atoms. The molecule has 3 aromatic heterocycles. The minimum atomic E-state index is -0.0940. The zero-order valence-electron chi connectivity index (χ0n) is 16.2. The van der Waals surface area contributed by atoms with Gasteiger partial charge in [0, 0.05) is 56.9 Å². The van der Waals surface area contributed by atoms with Gasteiger partial charge in [-0.25, -0.2) is 14.3 Å². The molecule has 0 unspecified atom stereocenters. The first-order chi connectivity index (χ1) is 13.6. The van der Waals surface area contributed by atoms with Crippen molar-refractivity contribution in [3.8, 4) is 5.82 Å². The number of rotatable bonds is 5. The van der Waals surface area contributed by atoms with Gasteiger partial charge >= 0.3 is 0 Å². The molecule has 0 N–H and O–H groups in total. The summed E-state index contributed by atoms with van der Waals surface area (Å²) in [6.45, 7) is 8.89. The Kier molecular flexibility index (Phi) is 5.16. The van der Waals surface area contributed by atoms with E-state index in [4.69, 9.17) is 0 Å². The average Bonchev–Trinajstić information content (AvgIpc) is 3.06. The molecule has 0 saturated carbocycles. The minimum Gasteiger partial charge on any atom is -0.353 e. The third-order valence-corrected chi connectivity index (χ3v) is 4.95. The monoisotopic (exact) mass is 380 g/mol. The average molecular weight is 380 g/mol. The van der Waals surface area contributed by atoms with E-state index in [9.17, 15) is 4.79 Å². The summed E-state index contributed by atoms with van der Waals surface area (Å²) in [4.78, 5) is 25.3. The molecule has 0 bridgehead atoms. The topological polar surface area (TPSA) is 85.0 Å². The standard InChI is InChI=1S/C19H24N8O/c1-15-13-16(2)27(22-15)17-3-4-19(28)26(23-17)12-9-24-7-10-25(11-8-24)18-14-20-5-6-21-18/h3-6,13-14H,7-12H2,1-2H3. The molecule has 4 rings (SSSR count). The minimum absolute atomic E-state index is 0.0940. The molecule has 1 saturated heterocycles. The number of nitrogens with zero attached hydrogens (tertiary/aromatic N) is 8. The van der Waals surface area contributed by atoms with E-state index in [-0.39, 0.29) is 5.56 Å². The Morgan fingerprint density at radius 2 is 1.79 bits per heavy atom. The summed E-state index contributed by atoms with van der Waals surface area (Å²) in [7, 11) is 0. The Labute approximate surface area is 163 Å². The van der Waals surface area contributed by atoms with E-state index in [2.05, 4.69) is 30.0 Å². The first-order valence-electron chi connectivity index (χ1n) is 9.45. The van der Waals surface area contributed by atoms with E-state index in [0.29, 0.717) is 12.4 Å². The zero-order valence-corrected chi connectivity index (χ0v) is 16.2. The molecule has 0 amide bonds. The van der Waals surface area contributed by atoms with Crippen molar-refractivity contribution in [2.75, 3.05) is 37.6 Å². The first-order valence-corrected chi connectivity index (χ1v) is 9.45. The number of piperazine rings is 1. The second-order valence-electron chi connectivity index (χ2n) is 6.98. The fourth-order valence-corrected chi connectivity index (χ4v) is 3.46. The van der Waals surface area contributed by atoms with Gasteiger partial charge in [-0.15, -0.1) is 5.10 Å². The van der Waals surface area contributed by atoms with Gasteiger partial charge in [0.25, 0.3) is 5.56 Å². The molecular formula is C19H24N8O. The lowest BCUT2D eigenvalue weighted by Gasteiger charge is -2.35. The van der Waals surface area contributed by atoms with Crippen LogP contribution in [0.15, 0.2) is 41.6 Å². The SMILES string of the molecule is Cc1cc(C)n(-c2ccc(=O)n(CCN3CCN(c4cnccn4)CC3)n2)n1. The van der Waals surface area contributed by atoms with E-state index in [0.717, 1.165) is 49.9 Å². The second kappa shape index (κ2) is 7.89. The second-order valence-corrected chi connectivity index (χ2v) is 6.98. The van der Waals surface area contributed by atoms with Crippen molar-refractivity contribution in [2.24, 2.45) is 0 Å². The van der Waals surface area contributed by atoms with Gasteiger partial charge in [-0.3, -0.25) is 14.7 Å². The van der Waals surface area contributed by atoms with Crippen LogP contribution in [0.2, 0.25) is 0 Å². The Morgan fingerprint density at radius 3 is 2.46 bits per heavy atom. The van der Waals surface area contributed by atoms with Gasteiger partial charge < -0.3 is 4.90 Å². The van der Waals surface area contributed by atoms with Crippen molar-refractivity contribution < 1.29 is 0 Å². The molecule has 3 aromatic rings. The van der Waals surface area contributed by atoms with Crippen LogP contribution in [0.4, 0.5) is 5.82 Å². The summed E-state index contributed by atoms with van der Waals surface area (Å²) < 4.78 is 3.30. The van der Waals surface area contributed by atoms with E-state index in [1.54, 1.807) is 35.4 Å². The molecule has 28 heavy (non-hydrogen) atoms. The lowest BCUT2D eigenvalue weighted by molar-refractivity contribution is 0.242. The Morgan fingerprint density at radius 1 is 0.964 bits per heavy atom. The van der Waals surface area contributed by atoms with E-state index in [1.165, 1.54) is 4.68 Å². The highest BCUT2D eigenvalue weighted by Crippen LogP contribution is 2.11. The fourth-order valence-electron chi connectivity index (χ4n) is 3.46. The molecule has 0 aromatic carbocycles. The number of aryl methyl sites for hydroxylation is 2. The molecule has 1 fully saturated rings. The lowest BCUT2D eigenvalue weighted by Crippen LogP contribution is -2.48. The van der Waals surface area contributed by atoms with Crippen LogP contribution in [-0.2, 0) is 6.54 Å². The highest BCUT2D eigenvalue weighted by molar-refractivity contribution is 5.35. The summed E-state index contributed by atoms with van der Waals surface area (Å²) in [5.41, 5.74) is 1.83. The Balaban J connectivity index is 1.38. The van der Waals surface area contributed by atoms with Crippen molar-refractivity contribution in [3.63, 3.8) is 0 Å². The summed E-state index contributed by atoms with van der Waals surface area (Å²) in [5, 5.41) is 8.96. The van der Waals surface area contributed by atoms with Gasteiger partial charge in [0.15, 0.2) is 5.82 Å². The molecule has 0 radical (unpaired) electrons. The molecule has 0 atom stereocenters. The zero-order chi connectivity index (χ0) is 19.5. The first kappa shape index (κ1) is 18.3. The molecule has 4 heterocycles.